The van der Waals surface area contributed by atoms with Crippen LogP contribution < -0.4 is 25.8 Å². The van der Waals surface area contributed by atoms with Crippen LogP contribution in [0.3, 0.4) is 0 Å². The molecule has 7 nitrogen and oxygen atoms in total. The number of carbonyl (C=O) groups excluding carboxylic acids is 2. The molecule has 1 fully saturated rings. The number of nitrogens with one attached hydrogen (secondary N) is 2. The molecule has 1 heterocycles. The predicted molar refractivity (Wildman–Crippen MR) is 77.7 cm³/mol. The highest BCUT2D eigenvalue weighted by Crippen LogP contribution is 2.31. The van der Waals surface area contributed by atoms with Crippen LogP contribution in [0, 0.1) is 0 Å². The quantitative estimate of drug-likeness (QED) is 0.705. The van der Waals surface area contributed by atoms with Crippen molar-refractivity contribution in [2.24, 2.45) is 5.73 Å². The van der Waals surface area contributed by atoms with Crippen molar-refractivity contribution >= 4 is 17.5 Å². The summed E-state index contributed by atoms with van der Waals surface area (Å²) in [5.41, 5.74) is 5.33. The third-order valence-corrected chi connectivity index (χ3v) is 3.23. The second-order valence-electron chi connectivity index (χ2n) is 5.10. The Morgan fingerprint density at radius 3 is 2.74 bits per heavy atom. The van der Waals surface area contributed by atoms with Gasteiger partial charge in [-0.3, -0.25) is 14.9 Å². The van der Waals surface area contributed by atoms with Gasteiger partial charge in [-0.2, -0.15) is 0 Å². The molecule has 1 atom stereocenters. The lowest BCUT2D eigenvalue weighted by Crippen LogP contribution is -2.35. The number of hydrogen-bond donors (Lipinski definition) is 3. The normalized spacial score (nSPS) is 19.2. The van der Waals surface area contributed by atoms with Crippen molar-refractivity contribution in [2.75, 3.05) is 25.6 Å². The maximum atomic E-state index is 13.1. The number of benzene rings is 1. The maximum Gasteiger partial charge on any atom is 0.262 e. The molecule has 1 saturated heterocycles. The Hall–Kier alpha value is -2.42. The number of alkyl halides is 2. The molecule has 1 aliphatic rings. The molecule has 126 valence electrons. The molecule has 1 aromatic carbocycles. The van der Waals surface area contributed by atoms with Crippen LogP contribution in [0.15, 0.2) is 18.2 Å². The number of hydrogen-bond acceptors (Lipinski definition) is 5. The third-order valence-electron chi connectivity index (χ3n) is 3.23. The minimum absolute atomic E-state index is 0.203. The lowest BCUT2D eigenvalue weighted by molar-refractivity contribution is -0.120. The average molecular weight is 329 g/mol. The van der Waals surface area contributed by atoms with Crippen LogP contribution in [0.4, 0.5) is 14.5 Å². The highest BCUT2D eigenvalue weighted by molar-refractivity contribution is 5.95. The van der Waals surface area contributed by atoms with Gasteiger partial charge in [0.05, 0.1) is 19.7 Å². The molecule has 1 aliphatic heterocycles. The lowest BCUT2D eigenvalue weighted by atomic mass is 10.1. The van der Waals surface area contributed by atoms with E-state index < -0.39 is 36.7 Å². The summed E-state index contributed by atoms with van der Waals surface area (Å²) in [6.45, 7) is -0.884. The van der Waals surface area contributed by atoms with E-state index in [4.69, 9.17) is 15.2 Å². The van der Waals surface area contributed by atoms with Gasteiger partial charge < -0.3 is 20.5 Å². The minimum atomic E-state index is -2.89. The van der Waals surface area contributed by atoms with Crippen molar-refractivity contribution in [1.29, 1.82) is 0 Å². The van der Waals surface area contributed by atoms with Crippen LogP contribution in [0.2, 0.25) is 0 Å². The average Bonchev–Trinajstić information content (AvgIpc) is 2.85. The Morgan fingerprint density at radius 1 is 1.43 bits per heavy atom. The first-order valence-electron chi connectivity index (χ1n) is 6.82. The number of carbonyl (C=O) groups is 2. The van der Waals surface area contributed by atoms with Gasteiger partial charge in [0.2, 0.25) is 5.91 Å². The van der Waals surface area contributed by atoms with Gasteiger partial charge in [0.1, 0.15) is 0 Å². The van der Waals surface area contributed by atoms with E-state index in [1.807, 2.05) is 0 Å². The van der Waals surface area contributed by atoms with Gasteiger partial charge in [0, 0.05) is 18.2 Å². The van der Waals surface area contributed by atoms with Crippen molar-refractivity contribution < 1.29 is 27.8 Å². The maximum absolute atomic E-state index is 13.1. The fourth-order valence-electron chi connectivity index (χ4n) is 2.15. The Bertz CT molecular complexity index is 610. The summed E-state index contributed by atoms with van der Waals surface area (Å²) in [5, 5.41) is 4.98. The van der Waals surface area contributed by atoms with E-state index in [9.17, 15) is 18.4 Å². The molecule has 0 aliphatic carbocycles. The molecule has 2 rings (SSSR count). The molecular formula is C14H17F2N3O4. The molecule has 2 amide bonds. The summed E-state index contributed by atoms with van der Waals surface area (Å²) in [7, 11) is 1.41. The second kappa shape index (κ2) is 6.78. The van der Waals surface area contributed by atoms with Gasteiger partial charge in [0.15, 0.2) is 18.1 Å². The minimum Gasteiger partial charge on any atom is -0.493 e. The number of halogens is 2. The number of primary amides is 1. The molecule has 0 spiro atoms. The van der Waals surface area contributed by atoms with Gasteiger partial charge in [-0.1, -0.05) is 0 Å². The van der Waals surface area contributed by atoms with Crippen LogP contribution >= 0.6 is 0 Å². The SMILES string of the molecule is COc1ccc(NC(=O)C2CC(F)(F)CN2)cc1OCC(N)=O. The number of nitrogens with two attached hydrogens (primary N) is 1. The van der Waals surface area contributed by atoms with Crippen LogP contribution in [-0.2, 0) is 9.59 Å². The molecule has 4 N–H and O–H groups in total. The molecule has 0 bridgehead atoms. The summed E-state index contributed by atoms with van der Waals surface area (Å²) < 4.78 is 36.5. The molecule has 1 aromatic rings. The monoisotopic (exact) mass is 329 g/mol. The lowest BCUT2D eigenvalue weighted by Gasteiger charge is -2.14. The number of amides is 2. The van der Waals surface area contributed by atoms with E-state index in [-0.39, 0.29) is 12.4 Å². The fourth-order valence-corrected chi connectivity index (χ4v) is 2.15. The van der Waals surface area contributed by atoms with E-state index in [0.717, 1.165) is 0 Å². The topological polar surface area (TPSA) is 103 Å². The number of anilines is 1. The molecule has 9 heteroatoms. The van der Waals surface area contributed by atoms with Crippen molar-refractivity contribution in [3.05, 3.63) is 18.2 Å². The first-order chi connectivity index (χ1) is 10.8. The summed E-state index contributed by atoms with van der Waals surface area (Å²) in [5.74, 6) is -3.59. The second-order valence-corrected chi connectivity index (χ2v) is 5.10. The predicted octanol–water partition coefficient (Wildman–Crippen LogP) is 0.495. The standard InChI is InChI=1S/C14H17F2N3O4/c1-22-10-3-2-8(4-11(10)23-6-12(17)20)19-13(21)9-5-14(15,16)7-18-9/h2-4,9,18H,5-7H2,1H3,(H2,17,20)(H,19,21). The number of rotatable bonds is 6. The zero-order valence-electron chi connectivity index (χ0n) is 12.4. The Kier molecular flexibility index (Phi) is 4.99. The Labute approximate surface area is 131 Å². The highest BCUT2D eigenvalue weighted by Gasteiger charge is 2.42. The summed E-state index contributed by atoms with van der Waals surface area (Å²) in [6, 6.07) is 3.50. The summed E-state index contributed by atoms with van der Waals surface area (Å²) in [4.78, 5) is 22.8. The first-order valence-corrected chi connectivity index (χ1v) is 6.82. The molecule has 0 radical (unpaired) electrons. The van der Waals surface area contributed by atoms with E-state index in [1.54, 1.807) is 0 Å². The van der Waals surface area contributed by atoms with Crippen LogP contribution in [0.5, 0.6) is 11.5 Å². The van der Waals surface area contributed by atoms with Crippen molar-refractivity contribution in [2.45, 2.75) is 18.4 Å². The van der Waals surface area contributed by atoms with E-state index in [0.29, 0.717) is 11.4 Å². The zero-order valence-corrected chi connectivity index (χ0v) is 12.4. The van der Waals surface area contributed by atoms with E-state index in [1.165, 1.54) is 25.3 Å². The molecule has 23 heavy (non-hydrogen) atoms. The number of methoxy groups -OCH3 is 1. The first kappa shape index (κ1) is 16.9. The van der Waals surface area contributed by atoms with Crippen LogP contribution in [0.25, 0.3) is 0 Å². The van der Waals surface area contributed by atoms with Gasteiger partial charge in [-0.15, -0.1) is 0 Å². The number of ether oxygens (including phenoxy) is 2. The fraction of sp³-hybridized carbons (Fsp3) is 0.429. The Balaban J connectivity index is 2.06. The van der Waals surface area contributed by atoms with Gasteiger partial charge >= 0.3 is 0 Å². The van der Waals surface area contributed by atoms with Crippen LogP contribution in [0.1, 0.15) is 6.42 Å². The van der Waals surface area contributed by atoms with E-state index >= 15 is 0 Å². The summed E-state index contributed by atoms with van der Waals surface area (Å²) >= 11 is 0. The van der Waals surface area contributed by atoms with Crippen LogP contribution in [-0.4, -0.2) is 44.0 Å². The molecule has 1 unspecified atom stereocenters. The van der Waals surface area contributed by atoms with Crippen molar-refractivity contribution in [1.82, 2.24) is 5.32 Å². The highest BCUT2D eigenvalue weighted by atomic mass is 19.3. The Morgan fingerprint density at radius 2 is 2.17 bits per heavy atom. The molecule has 0 saturated carbocycles. The summed E-state index contributed by atoms with van der Waals surface area (Å²) in [6.07, 6.45) is -0.556. The smallest absolute Gasteiger partial charge is 0.262 e. The largest absolute Gasteiger partial charge is 0.493 e. The van der Waals surface area contributed by atoms with E-state index in [2.05, 4.69) is 10.6 Å². The molecule has 0 aromatic heterocycles. The van der Waals surface area contributed by atoms with Gasteiger partial charge in [-0.25, -0.2) is 8.78 Å². The van der Waals surface area contributed by atoms with Gasteiger partial charge in [0.25, 0.3) is 11.8 Å². The molecular weight excluding hydrogens is 312 g/mol. The van der Waals surface area contributed by atoms with Crippen molar-refractivity contribution in [3.63, 3.8) is 0 Å². The van der Waals surface area contributed by atoms with Gasteiger partial charge in [-0.05, 0) is 12.1 Å². The van der Waals surface area contributed by atoms with Crippen molar-refractivity contribution in [3.8, 4) is 11.5 Å². The third kappa shape index (κ3) is 4.52. The zero-order chi connectivity index (χ0) is 17.0.